The smallest absolute Gasteiger partial charge is 0.220 e. The molecule has 0 saturated heterocycles. The molecule has 2 fully saturated rings. The maximum atomic E-state index is 11.7. The molecule has 2 saturated carbocycles. The highest BCUT2D eigenvalue weighted by molar-refractivity contribution is 5.76. The number of nitrogens with two attached hydrogens (primary N) is 1. The van der Waals surface area contributed by atoms with E-state index >= 15 is 0 Å². The first-order valence-electron chi connectivity index (χ1n) is 6.71. The Labute approximate surface area is 98.2 Å². The molecule has 2 rings (SSSR count). The Bertz CT molecular complexity index is 242. The minimum absolute atomic E-state index is 0.242. The van der Waals surface area contributed by atoms with E-state index in [0.29, 0.717) is 5.92 Å². The number of amides is 1. The standard InChI is InChI=1S/C13H24N2O/c14-9-13(6-7-13)10-15-12(16)8-11-4-2-1-3-5-11/h11H,1-10,14H2,(H,15,16). The minimum Gasteiger partial charge on any atom is -0.355 e. The zero-order valence-electron chi connectivity index (χ0n) is 10.1. The molecule has 3 heteroatoms. The van der Waals surface area contributed by atoms with Crippen LogP contribution in [0.3, 0.4) is 0 Å². The quantitative estimate of drug-likeness (QED) is 0.748. The number of carbonyl (C=O) groups is 1. The molecule has 3 N–H and O–H groups in total. The Balaban J connectivity index is 1.64. The second-order valence-corrected chi connectivity index (χ2v) is 5.69. The van der Waals surface area contributed by atoms with Gasteiger partial charge in [0, 0.05) is 13.0 Å². The molecular weight excluding hydrogens is 200 g/mol. The molecule has 3 nitrogen and oxygen atoms in total. The second kappa shape index (κ2) is 5.17. The second-order valence-electron chi connectivity index (χ2n) is 5.69. The molecular formula is C13H24N2O. The van der Waals surface area contributed by atoms with Crippen molar-refractivity contribution in [2.75, 3.05) is 13.1 Å². The van der Waals surface area contributed by atoms with Crippen molar-refractivity contribution in [3.63, 3.8) is 0 Å². The fraction of sp³-hybridized carbons (Fsp3) is 0.923. The minimum atomic E-state index is 0.242. The average Bonchev–Trinajstić information content (AvgIpc) is 3.09. The summed E-state index contributed by atoms with van der Waals surface area (Å²) in [5.41, 5.74) is 5.95. The fourth-order valence-corrected chi connectivity index (χ4v) is 2.64. The van der Waals surface area contributed by atoms with Crippen molar-refractivity contribution in [2.45, 2.75) is 51.4 Å². The lowest BCUT2D eigenvalue weighted by atomic mass is 9.87. The van der Waals surface area contributed by atoms with Crippen molar-refractivity contribution in [3.8, 4) is 0 Å². The van der Waals surface area contributed by atoms with Gasteiger partial charge in [0.15, 0.2) is 0 Å². The van der Waals surface area contributed by atoms with Gasteiger partial charge in [-0.15, -0.1) is 0 Å². The lowest BCUT2D eigenvalue weighted by molar-refractivity contribution is -0.122. The third kappa shape index (κ3) is 3.21. The van der Waals surface area contributed by atoms with Gasteiger partial charge in [-0.1, -0.05) is 19.3 Å². The van der Waals surface area contributed by atoms with Gasteiger partial charge in [0.1, 0.15) is 0 Å². The van der Waals surface area contributed by atoms with Gasteiger partial charge in [-0.2, -0.15) is 0 Å². The van der Waals surface area contributed by atoms with Crippen LogP contribution in [0, 0.1) is 11.3 Å². The van der Waals surface area contributed by atoms with Gasteiger partial charge in [-0.25, -0.2) is 0 Å². The molecule has 0 heterocycles. The third-order valence-electron chi connectivity index (χ3n) is 4.25. The van der Waals surface area contributed by atoms with Gasteiger partial charge in [-0.3, -0.25) is 4.79 Å². The van der Waals surface area contributed by atoms with E-state index in [1.807, 2.05) is 0 Å². The summed E-state index contributed by atoms with van der Waals surface area (Å²) in [6.07, 6.45) is 9.58. The van der Waals surface area contributed by atoms with Crippen LogP contribution in [0.15, 0.2) is 0 Å². The molecule has 0 radical (unpaired) electrons. The van der Waals surface area contributed by atoms with E-state index in [-0.39, 0.29) is 11.3 Å². The summed E-state index contributed by atoms with van der Waals surface area (Å²) in [4.78, 5) is 11.7. The van der Waals surface area contributed by atoms with E-state index in [2.05, 4.69) is 5.32 Å². The molecule has 2 aliphatic rings. The van der Waals surface area contributed by atoms with E-state index in [1.54, 1.807) is 0 Å². The first-order valence-corrected chi connectivity index (χ1v) is 6.71. The van der Waals surface area contributed by atoms with Crippen molar-refractivity contribution < 1.29 is 4.79 Å². The summed E-state index contributed by atoms with van der Waals surface area (Å²) in [5.74, 6) is 0.883. The van der Waals surface area contributed by atoms with Crippen molar-refractivity contribution in [1.29, 1.82) is 0 Å². The maximum absolute atomic E-state index is 11.7. The summed E-state index contributed by atoms with van der Waals surface area (Å²) < 4.78 is 0. The highest BCUT2D eigenvalue weighted by Gasteiger charge is 2.41. The summed E-state index contributed by atoms with van der Waals surface area (Å²) in [6.45, 7) is 1.52. The van der Waals surface area contributed by atoms with E-state index in [9.17, 15) is 4.79 Å². The molecule has 1 amide bonds. The van der Waals surface area contributed by atoms with Crippen LogP contribution in [0.25, 0.3) is 0 Å². The SMILES string of the molecule is NCC1(CNC(=O)CC2CCCCC2)CC1. The van der Waals surface area contributed by atoms with Crippen LogP contribution < -0.4 is 11.1 Å². The molecule has 2 aliphatic carbocycles. The van der Waals surface area contributed by atoms with E-state index in [1.165, 1.54) is 44.9 Å². The van der Waals surface area contributed by atoms with Crippen molar-refractivity contribution >= 4 is 5.91 Å². The number of carbonyl (C=O) groups excluding carboxylic acids is 1. The Morgan fingerprint density at radius 3 is 2.50 bits per heavy atom. The van der Waals surface area contributed by atoms with Gasteiger partial charge >= 0.3 is 0 Å². The number of rotatable bonds is 5. The number of nitrogens with one attached hydrogen (secondary N) is 1. The third-order valence-corrected chi connectivity index (χ3v) is 4.25. The molecule has 92 valence electrons. The van der Waals surface area contributed by atoms with Crippen LogP contribution in [0.4, 0.5) is 0 Å². The first-order chi connectivity index (χ1) is 7.74. The number of hydrogen-bond donors (Lipinski definition) is 2. The van der Waals surface area contributed by atoms with Crippen LogP contribution in [-0.2, 0) is 4.79 Å². The van der Waals surface area contributed by atoms with Gasteiger partial charge < -0.3 is 11.1 Å². The largest absolute Gasteiger partial charge is 0.355 e. The fourth-order valence-electron chi connectivity index (χ4n) is 2.64. The van der Waals surface area contributed by atoms with Crippen molar-refractivity contribution in [1.82, 2.24) is 5.32 Å². The average molecular weight is 224 g/mol. The lowest BCUT2D eigenvalue weighted by Crippen LogP contribution is -2.34. The molecule has 16 heavy (non-hydrogen) atoms. The van der Waals surface area contributed by atoms with Crippen LogP contribution in [-0.4, -0.2) is 19.0 Å². The summed E-state index contributed by atoms with van der Waals surface area (Å²) in [5, 5.41) is 3.06. The maximum Gasteiger partial charge on any atom is 0.220 e. The van der Waals surface area contributed by atoms with Gasteiger partial charge in [0.25, 0.3) is 0 Å². The van der Waals surface area contributed by atoms with Crippen LogP contribution >= 0.6 is 0 Å². The molecule has 0 atom stereocenters. The van der Waals surface area contributed by atoms with Crippen molar-refractivity contribution in [2.24, 2.45) is 17.1 Å². The molecule has 0 aromatic heterocycles. The predicted octanol–water partition coefficient (Wildman–Crippen LogP) is 1.81. The first kappa shape index (κ1) is 11.9. The van der Waals surface area contributed by atoms with E-state index in [4.69, 9.17) is 5.73 Å². The summed E-state index contributed by atoms with van der Waals surface area (Å²) in [7, 11) is 0. The zero-order valence-corrected chi connectivity index (χ0v) is 10.1. The van der Waals surface area contributed by atoms with Crippen LogP contribution in [0.2, 0.25) is 0 Å². The summed E-state index contributed by atoms with van der Waals surface area (Å²) in [6, 6.07) is 0. The highest BCUT2D eigenvalue weighted by Crippen LogP contribution is 2.43. The predicted molar refractivity (Wildman–Crippen MR) is 64.9 cm³/mol. The monoisotopic (exact) mass is 224 g/mol. The Kier molecular flexibility index (Phi) is 3.85. The van der Waals surface area contributed by atoms with Crippen LogP contribution in [0.1, 0.15) is 51.4 Å². The zero-order chi connectivity index (χ0) is 11.4. The van der Waals surface area contributed by atoms with Gasteiger partial charge in [0.2, 0.25) is 5.91 Å². The topological polar surface area (TPSA) is 55.1 Å². The molecule has 0 aliphatic heterocycles. The molecule has 0 aromatic rings. The summed E-state index contributed by atoms with van der Waals surface area (Å²) >= 11 is 0. The van der Waals surface area contributed by atoms with Crippen LogP contribution in [0.5, 0.6) is 0 Å². The van der Waals surface area contributed by atoms with Crippen molar-refractivity contribution in [3.05, 3.63) is 0 Å². The van der Waals surface area contributed by atoms with Gasteiger partial charge in [-0.05, 0) is 43.6 Å². The Morgan fingerprint density at radius 1 is 1.25 bits per heavy atom. The van der Waals surface area contributed by atoms with Gasteiger partial charge in [0.05, 0.1) is 0 Å². The lowest BCUT2D eigenvalue weighted by Gasteiger charge is -2.21. The normalized spacial score (nSPS) is 24.1. The van der Waals surface area contributed by atoms with E-state index in [0.717, 1.165) is 19.5 Å². The van der Waals surface area contributed by atoms with E-state index < -0.39 is 0 Å². The highest BCUT2D eigenvalue weighted by atomic mass is 16.1. The molecule has 0 spiro atoms. The molecule has 0 bridgehead atoms. The number of hydrogen-bond acceptors (Lipinski definition) is 2. The molecule has 0 aromatic carbocycles. The Hall–Kier alpha value is -0.570. The Morgan fingerprint density at radius 2 is 1.94 bits per heavy atom. The molecule has 0 unspecified atom stereocenters.